The van der Waals surface area contributed by atoms with Crippen LogP contribution >= 0.6 is 11.3 Å². The highest BCUT2D eigenvalue weighted by molar-refractivity contribution is 7.13. The predicted octanol–water partition coefficient (Wildman–Crippen LogP) is 8.38. The molecule has 0 aliphatic heterocycles. The Morgan fingerprint density at radius 1 is 0.935 bits per heavy atom. The zero-order chi connectivity index (χ0) is 23.6. The molecule has 0 fully saturated rings. The molecule has 0 spiro atoms. The van der Waals surface area contributed by atoms with Crippen molar-refractivity contribution in [3.8, 4) is 0 Å². The quantitative estimate of drug-likeness (QED) is 0.278. The third-order valence-electron chi connectivity index (χ3n) is 6.64. The number of allylic oxidation sites excluding steroid dienone is 2. The Balaban J connectivity index is 2.05. The first kappa shape index (κ1) is 26.8. The molecule has 1 heterocycles. The molecule has 1 N–H and O–H groups in total. The second kappa shape index (κ2) is 10.2. The molecule has 2 unspecified atom stereocenters. The van der Waals surface area contributed by atoms with Crippen LogP contribution in [0.4, 0.5) is 0 Å². The van der Waals surface area contributed by atoms with Gasteiger partial charge in [0, 0.05) is 27.4 Å². The van der Waals surface area contributed by atoms with E-state index in [1.54, 1.807) is 21.6 Å². The minimum absolute atomic E-state index is 0.153. The number of unbranched alkanes of at least 4 members (excludes halogenated alkanes) is 3. The number of aryl methyl sites for hydroxylation is 1. The number of hydrogen-bond acceptors (Lipinski definition) is 3. The van der Waals surface area contributed by atoms with E-state index < -0.39 is 8.24 Å². The molecule has 0 saturated carbocycles. The van der Waals surface area contributed by atoms with Gasteiger partial charge in [0.2, 0.25) is 0 Å². The summed E-state index contributed by atoms with van der Waals surface area (Å²) < 4.78 is 5.86. The number of fused-ring (bicyclic) bond motifs is 1. The lowest BCUT2D eigenvalue weighted by molar-refractivity contribution is 0.0686. The molecule has 2 rings (SSSR count). The summed E-state index contributed by atoms with van der Waals surface area (Å²) >= 11 is 2.06. The third kappa shape index (κ3) is 7.03. The molecule has 2 nitrogen and oxygen atoms in total. The van der Waals surface area contributed by atoms with Crippen LogP contribution in [0.25, 0.3) is 5.57 Å². The van der Waals surface area contributed by atoms with Gasteiger partial charge in [0.25, 0.3) is 0 Å². The van der Waals surface area contributed by atoms with Gasteiger partial charge in [0.05, 0.1) is 6.61 Å². The van der Waals surface area contributed by atoms with E-state index in [0.717, 1.165) is 13.2 Å². The summed E-state index contributed by atoms with van der Waals surface area (Å²) in [6, 6.07) is 1.35. The van der Waals surface area contributed by atoms with Gasteiger partial charge in [-0.15, -0.1) is 11.3 Å². The first-order chi connectivity index (χ1) is 14.2. The lowest BCUT2D eigenvalue weighted by Gasteiger charge is -2.41. The summed E-state index contributed by atoms with van der Waals surface area (Å²) in [7, 11) is -1.75. The van der Waals surface area contributed by atoms with Crippen LogP contribution in [-0.2, 0) is 4.74 Å². The van der Waals surface area contributed by atoms with Crippen molar-refractivity contribution in [3.05, 3.63) is 26.5 Å². The zero-order valence-corrected chi connectivity index (χ0v) is 24.2. The average molecular weight is 464 g/mol. The minimum Gasteiger partial charge on any atom is -0.381 e. The fourth-order valence-electron chi connectivity index (χ4n) is 5.26. The molecule has 0 amide bonds. The summed E-state index contributed by atoms with van der Waals surface area (Å²) in [5, 5.41) is 0. The first-order valence-corrected chi connectivity index (χ1v) is 15.9. The lowest BCUT2D eigenvalue weighted by atomic mass is 9.99. The predicted molar refractivity (Wildman–Crippen MR) is 143 cm³/mol. The first-order valence-electron chi connectivity index (χ1n) is 12.3. The van der Waals surface area contributed by atoms with Crippen molar-refractivity contribution in [1.29, 1.82) is 0 Å². The highest BCUT2D eigenvalue weighted by Gasteiger charge is 2.46. The van der Waals surface area contributed by atoms with Crippen molar-refractivity contribution in [1.82, 2.24) is 4.98 Å². The van der Waals surface area contributed by atoms with Gasteiger partial charge in [-0.1, -0.05) is 52.2 Å². The highest BCUT2D eigenvalue weighted by Crippen LogP contribution is 2.52. The molecule has 2 atom stereocenters. The van der Waals surface area contributed by atoms with Crippen molar-refractivity contribution in [3.63, 3.8) is 0 Å². The molecule has 4 heteroatoms. The molecular weight excluding hydrogens is 414 g/mol. The molecule has 1 aromatic rings. The van der Waals surface area contributed by atoms with Crippen LogP contribution in [0.5, 0.6) is 0 Å². The van der Waals surface area contributed by atoms with Gasteiger partial charge >= 0.3 is 0 Å². The maximum Gasteiger partial charge on any atom is 0.135 e. The normalized spacial score (nSPS) is 19.1. The molecule has 0 saturated heterocycles. The van der Waals surface area contributed by atoms with Crippen LogP contribution < -0.4 is 4.98 Å². The minimum atomic E-state index is -1.75. The monoisotopic (exact) mass is 463 g/mol. The fraction of sp³-hybridized carbons (Fsp3) is 0.778. The summed E-state index contributed by atoms with van der Waals surface area (Å²) in [4.78, 5) is 7.37. The van der Waals surface area contributed by atoms with Crippen molar-refractivity contribution in [2.45, 2.75) is 119 Å². The van der Waals surface area contributed by atoms with Gasteiger partial charge in [-0.25, -0.2) is 0 Å². The summed E-state index contributed by atoms with van der Waals surface area (Å²) in [6.45, 7) is 27.5. The maximum absolute atomic E-state index is 5.86. The smallest absolute Gasteiger partial charge is 0.135 e. The molecule has 0 radical (unpaired) electrons. The van der Waals surface area contributed by atoms with Crippen molar-refractivity contribution >= 4 is 25.1 Å². The number of thiophene rings is 1. The second-order valence-corrected chi connectivity index (χ2v) is 17.8. The molecule has 0 aromatic carbocycles. The number of nitrogens with one attached hydrogen (secondary N) is 1. The molecule has 178 valence electrons. The van der Waals surface area contributed by atoms with E-state index in [4.69, 9.17) is 4.74 Å². The SMILES string of the molecule is CC1=C(C)C([Si](C)(CCCCCCOCC(C)(C)C)NC(C)(C)C)c2sc(C)c(C)c21. The van der Waals surface area contributed by atoms with Crippen molar-refractivity contribution in [2.24, 2.45) is 5.41 Å². The van der Waals surface area contributed by atoms with Crippen molar-refractivity contribution < 1.29 is 4.74 Å². The summed E-state index contributed by atoms with van der Waals surface area (Å²) in [5.74, 6) is 0. The van der Waals surface area contributed by atoms with Crippen LogP contribution in [-0.4, -0.2) is 27.0 Å². The molecule has 1 aromatic heterocycles. The van der Waals surface area contributed by atoms with Crippen LogP contribution in [0.15, 0.2) is 5.57 Å². The number of rotatable bonds is 10. The number of ether oxygens (including phenoxy) is 1. The maximum atomic E-state index is 5.86. The van der Waals surface area contributed by atoms with Crippen LogP contribution in [0.2, 0.25) is 12.6 Å². The van der Waals surface area contributed by atoms with E-state index in [0.29, 0.717) is 5.54 Å². The molecule has 1 aliphatic carbocycles. The number of hydrogen-bond donors (Lipinski definition) is 1. The van der Waals surface area contributed by atoms with E-state index in [9.17, 15) is 0 Å². The van der Waals surface area contributed by atoms with E-state index in [2.05, 4.69) is 92.1 Å². The van der Waals surface area contributed by atoms with Gasteiger partial charge in [-0.2, -0.15) is 0 Å². The molecule has 0 bridgehead atoms. The van der Waals surface area contributed by atoms with Gasteiger partial charge in [-0.3, -0.25) is 0 Å². The van der Waals surface area contributed by atoms with E-state index >= 15 is 0 Å². The Kier molecular flexibility index (Phi) is 8.86. The highest BCUT2D eigenvalue weighted by atomic mass is 32.1. The Morgan fingerprint density at radius 3 is 2.13 bits per heavy atom. The molecule has 31 heavy (non-hydrogen) atoms. The zero-order valence-electron chi connectivity index (χ0n) is 22.3. The van der Waals surface area contributed by atoms with Crippen LogP contribution in [0, 0.1) is 19.3 Å². The van der Waals surface area contributed by atoms with Gasteiger partial charge < -0.3 is 9.72 Å². The lowest BCUT2D eigenvalue weighted by Crippen LogP contribution is -2.60. The molecular formula is C27H49NOSSi. The Morgan fingerprint density at radius 2 is 1.55 bits per heavy atom. The summed E-state index contributed by atoms with van der Waals surface area (Å²) in [5.41, 5.74) is 7.32. The molecule has 1 aliphatic rings. The largest absolute Gasteiger partial charge is 0.381 e. The van der Waals surface area contributed by atoms with Crippen LogP contribution in [0.1, 0.15) is 107 Å². The van der Waals surface area contributed by atoms with E-state index in [-0.39, 0.29) is 11.0 Å². The summed E-state index contributed by atoms with van der Waals surface area (Å²) in [6.07, 6.45) is 5.12. The van der Waals surface area contributed by atoms with E-state index in [1.807, 2.05) is 0 Å². The van der Waals surface area contributed by atoms with Gasteiger partial charge in [-0.05, 0) is 83.0 Å². The fourth-order valence-corrected chi connectivity index (χ4v) is 12.7. The van der Waals surface area contributed by atoms with Crippen LogP contribution in [0.3, 0.4) is 0 Å². The Labute approximate surface area is 198 Å². The topological polar surface area (TPSA) is 21.3 Å². The van der Waals surface area contributed by atoms with Gasteiger partial charge in [0.1, 0.15) is 8.24 Å². The average Bonchev–Trinajstić information content (AvgIpc) is 3.01. The van der Waals surface area contributed by atoms with Crippen molar-refractivity contribution in [2.75, 3.05) is 13.2 Å². The third-order valence-corrected chi connectivity index (χ3v) is 12.8. The van der Waals surface area contributed by atoms with Gasteiger partial charge in [0.15, 0.2) is 0 Å². The Hall–Kier alpha value is -0.423. The second-order valence-electron chi connectivity index (χ2n) is 12.3. The van der Waals surface area contributed by atoms with E-state index in [1.165, 1.54) is 42.2 Å². The standard InChI is InChI=1S/C27H49NOSSi/c1-19-20(2)25(24-23(19)21(3)22(4)30-24)31(11,28-27(8,9)10)17-15-13-12-14-16-29-18-26(5,6)7/h25,28H,12-18H2,1-11H3. The Bertz CT molecular complexity index is 780.